The van der Waals surface area contributed by atoms with Crippen LogP contribution in [0.4, 0.5) is 0 Å². The van der Waals surface area contributed by atoms with Gasteiger partial charge in [-0.05, 0) is 31.2 Å². The molecule has 1 aliphatic heterocycles. The van der Waals surface area contributed by atoms with Crippen LogP contribution in [0.3, 0.4) is 0 Å². The summed E-state index contributed by atoms with van der Waals surface area (Å²) in [4.78, 5) is 0. The van der Waals surface area contributed by atoms with Crippen LogP contribution in [0.5, 0.6) is 0 Å². The van der Waals surface area contributed by atoms with E-state index in [1.54, 1.807) is 0 Å². The minimum Gasteiger partial charge on any atom is -0.396 e. The predicted octanol–water partition coefficient (Wildman–Crippen LogP) is 1.41. The van der Waals surface area contributed by atoms with Gasteiger partial charge in [-0.25, -0.2) is 0 Å². The molecule has 0 atom stereocenters. The maximum Gasteiger partial charge on any atom is 0.0579 e. The molecule has 3 heteroatoms. The van der Waals surface area contributed by atoms with Crippen LogP contribution >= 0.6 is 0 Å². The van der Waals surface area contributed by atoms with Gasteiger partial charge in [0.2, 0.25) is 0 Å². The normalized spacial score (nSPS) is 33.4. The largest absolute Gasteiger partial charge is 0.396 e. The smallest absolute Gasteiger partial charge is 0.0579 e. The van der Waals surface area contributed by atoms with E-state index in [1.807, 2.05) is 0 Å². The average molecular weight is 227 g/mol. The first-order chi connectivity index (χ1) is 7.74. The summed E-state index contributed by atoms with van der Waals surface area (Å²) in [7, 11) is 0. The van der Waals surface area contributed by atoms with Gasteiger partial charge < -0.3 is 15.2 Å². The van der Waals surface area contributed by atoms with E-state index in [9.17, 15) is 5.11 Å². The third-order valence-electron chi connectivity index (χ3n) is 4.22. The molecule has 2 N–H and O–H groups in total. The molecule has 0 radical (unpaired) electrons. The number of hydrogen-bond donors (Lipinski definition) is 2. The van der Waals surface area contributed by atoms with Crippen molar-refractivity contribution >= 4 is 0 Å². The van der Waals surface area contributed by atoms with Crippen molar-refractivity contribution in [1.82, 2.24) is 5.32 Å². The molecule has 0 bridgehead atoms. The number of hydrogen-bond acceptors (Lipinski definition) is 3. The van der Waals surface area contributed by atoms with Crippen LogP contribution in [0.15, 0.2) is 0 Å². The van der Waals surface area contributed by atoms with Crippen LogP contribution < -0.4 is 5.32 Å². The minimum absolute atomic E-state index is 0.0297. The van der Waals surface area contributed by atoms with E-state index in [4.69, 9.17) is 4.74 Å². The second kappa shape index (κ2) is 5.48. The number of ether oxygens (including phenoxy) is 1. The molecule has 2 fully saturated rings. The minimum atomic E-state index is 0.0297. The van der Waals surface area contributed by atoms with E-state index in [1.165, 1.54) is 25.7 Å². The Morgan fingerprint density at radius 1 is 1.25 bits per heavy atom. The zero-order valence-electron chi connectivity index (χ0n) is 10.4. The molecule has 0 aromatic heterocycles. The molecular formula is C13H25NO2. The third-order valence-corrected chi connectivity index (χ3v) is 4.22. The van der Waals surface area contributed by atoms with Crippen molar-refractivity contribution in [2.75, 3.05) is 32.9 Å². The van der Waals surface area contributed by atoms with Crippen LogP contribution in [-0.4, -0.2) is 38.0 Å². The van der Waals surface area contributed by atoms with Crippen LogP contribution in [-0.2, 0) is 4.74 Å². The molecule has 94 valence electrons. The van der Waals surface area contributed by atoms with Crippen molar-refractivity contribution < 1.29 is 9.84 Å². The molecule has 1 saturated carbocycles. The van der Waals surface area contributed by atoms with Gasteiger partial charge in [-0.15, -0.1) is 0 Å². The fourth-order valence-corrected chi connectivity index (χ4v) is 2.71. The summed E-state index contributed by atoms with van der Waals surface area (Å²) in [5.41, 5.74) is 0.0297. The van der Waals surface area contributed by atoms with Gasteiger partial charge in [-0.1, -0.05) is 19.8 Å². The topological polar surface area (TPSA) is 41.5 Å². The Morgan fingerprint density at radius 2 is 1.94 bits per heavy atom. The number of aliphatic hydroxyl groups is 1. The van der Waals surface area contributed by atoms with Crippen LogP contribution in [0.2, 0.25) is 0 Å². The molecule has 3 nitrogen and oxygen atoms in total. The highest BCUT2D eigenvalue weighted by Crippen LogP contribution is 2.29. The van der Waals surface area contributed by atoms with E-state index < -0.39 is 0 Å². The first-order valence-electron chi connectivity index (χ1n) is 6.63. The number of rotatable bonds is 5. The first-order valence-corrected chi connectivity index (χ1v) is 6.63. The Hall–Kier alpha value is -0.120. The van der Waals surface area contributed by atoms with E-state index in [2.05, 4.69) is 12.2 Å². The molecule has 1 saturated heterocycles. The molecule has 0 aromatic rings. The highest BCUT2D eigenvalue weighted by Gasteiger charge is 2.37. The fraction of sp³-hybridized carbons (Fsp3) is 1.00. The third kappa shape index (κ3) is 2.96. The SMILES string of the molecule is CC1CCC(CNCC2(CO)COC2)CC1. The highest BCUT2D eigenvalue weighted by molar-refractivity contribution is 4.87. The monoisotopic (exact) mass is 227 g/mol. The summed E-state index contributed by atoms with van der Waals surface area (Å²) >= 11 is 0. The van der Waals surface area contributed by atoms with Crippen molar-refractivity contribution in [3.05, 3.63) is 0 Å². The van der Waals surface area contributed by atoms with Gasteiger partial charge in [0.05, 0.1) is 25.2 Å². The first kappa shape index (κ1) is 12.3. The van der Waals surface area contributed by atoms with Gasteiger partial charge in [0, 0.05) is 6.54 Å². The lowest BCUT2D eigenvalue weighted by atomic mass is 9.82. The van der Waals surface area contributed by atoms with Crippen molar-refractivity contribution in [2.45, 2.75) is 32.6 Å². The van der Waals surface area contributed by atoms with Gasteiger partial charge >= 0.3 is 0 Å². The van der Waals surface area contributed by atoms with E-state index in [0.717, 1.165) is 38.1 Å². The summed E-state index contributed by atoms with van der Waals surface area (Å²) in [6.45, 7) is 6.08. The predicted molar refractivity (Wildman–Crippen MR) is 64.3 cm³/mol. The molecule has 0 spiro atoms. The Bertz CT molecular complexity index is 202. The quantitative estimate of drug-likeness (QED) is 0.746. The molecule has 2 aliphatic rings. The van der Waals surface area contributed by atoms with Gasteiger partial charge in [-0.3, -0.25) is 0 Å². The van der Waals surface area contributed by atoms with Crippen molar-refractivity contribution in [3.63, 3.8) is 0 Å². The van der Waals surface area contributed by atoms with Crippen molar-refractivity contribution in [3.8, 4) is 0 Å². The molecule has 2 rings (SSSR count). The highest BCUT2D eigenvalue weighted by atomic mass is 16.5. The maximum atomic E-state index is 9.29. The van der Waals surface area contributed by atoms with E-state index >= 15 is 0 Å². The molecule has 0 unspecified atom stereocenters. The Balaban J connectivity index is 1.61. The van der Waals surface area contributed by atoms with Gasteiger partial charge in [0.15, 0.2) is 0 Å². The maximum absolute atomic E-state index is 9.29. The lowest BCUT2D eigenvalue weighted by Crippen LogP contribution is -2.52. The summed E-state index contributed by atoms with van der Waals surface area (Å²) in [6.07, 6.45) is 5.52. The summed E-state index contributed by atoms with van der Waals surface area (Å²) in [6, 6.07) is 0. The molecule has 0 aromatic carbocycles. The molecule has 1 heterocycles. The Morgan fingerprint density at radius 3 is 2.44 bits per heavy atom. The van der Waals surface area contributed by atoms with E-state index in [0.29, 0.717) is 0 Å². The van der Waals surface area contributed by atoms with Crippen molar-refractivity contribution in [1.29, 1.82) is 0 Å². The lowest BCUT2D eigenvalue weighted by molar-refractivity contribution is -0.134. The van der Waals surface area contributed by atoms with E-state index in [-0.39, 0.29) is 12.0 Å². The summed E-state index contributed by atoms with van der Waals surface area (Å²) in [5.74, 6) is 1.79. The summed E-state index contributed by atoms with van der Waals surface area (Å²) < 4.78 is 5.19. The Labute approximate surface area is 98.6 Å². The van der Waals surface area contributed by atoms with Crippen LogP contribution in [0.1, 0.15) is 32.6 Å². The standard InChI is InChI=1S/C13H25NO2/c1-11-2-4-12(5-3-11)6-14-7-13(8-15)9-16-10-13/h11-12,14-15H,2-10H2,1H3. The zero-order chi connectivity index (χ0) is 11.4. The molecule has 1 aliphatic carbocycles. The second-order valence-corrected chi connectivity index (χ2v) is 5.91. The number of nitrogens with one attached hydrogen (secondary N) is 1. The van der Waals surface area contributed by atoms with Gasteiger partial charge in [0.1, 0.15) is 0 Å². The second-order valence-electron chi connectivity index (χ2n) is 5.91. The van der Waals surface area contributed by atoms with Crippen LogP contribution in [0, 0.1) is 17.3 Å². The average Bonchev–Trinajstić information content (AvgIpc) is 2.25. The fourth-order valence-electron chi connectivity index (χ4n) is 2.71. The molecule has 16 heavy (non-hydrogen) atoms. The van der Waals surface area contributed by atoms with Gasteiger partial charge in [-0.2, -0.15) is 0 Å². The molecule has 0 amide bonds. The zero-order valence-corrected chi connectivity index (χ0v) is 10.4. The Kier molecular flexibility index (Phi) is 4.22. The summed E-state index contributed by atoms with van der Waals surface area (Å²) in [5, 5.41) is 12.8. The van der Waals surface area contributed by atoms with Crippen LogP contribution in [0.25, 0.3) is 0 Å². The number of aliphatic hydroxyl groups excluding tert-OH is 1. The molecular weight excluding hydrogens is 202 g/mol. The van der Waals surface area contributed by atoms with Gasteiger partial charge in [0.25, 0.3) is 0 Å². The van der Waals surface area contributed by atoms with Crippen molar-refractivity contribution in [2.24, 2.45) is 17.3 Å². The lowest BCUT2D eigenvalue weighted by Gasteiger charge is -2.40.